The number of carboxylic acids is 1. The molecular weight excluding hydrogens is 402 g/mol. The molecule has 9 N–H and O–H groups in total. The van der Waals surface area contributed by atoms with E-state index in [1.165, 1.54) is 0 Å². The molecule has 4 atom stereocenters. The first-order valence-corrected chi connectivity index (χ1v) is 8.84. The van der Waals surface area contributed by atoms with Gasteiger partial charge in [-0.2, -0.15) is 25.3 Å². The Morgan fingerprint density at radius 3 is 1.70 bits per heavy atom. The zero-order valence-electron chi connectivity index (χ0n) is 14.1. The quantitative estimate of drug-likeness (QED) is 0.139. The molecular formula is C13H23N5O7S2. The Morgan fingerprint density at radius 2 is 1.30 bits per heavy atom. The van der Waals surface area contributed by atoms with E-state index in [4.69, 9.17) is 21.7 Å². The largest absolute Gasteiger partial charge is 0.480 e. The van der Waals surface area contributed by atoms with Gasteiger partial charge in [0.2, 0.25) is 23.6 Å². The Labute approximate surface area is 165 Å². The number of hydrogen-bond donors (Lipinski definition) is 9. The molecule has 0 aromatic heterocycles. The number of hydrogen-bond acceptors (Lipinski definition) is 9. The molecule has 0 rings (SSSR count). The molecule has 27 heavy (non-hydrogen) atoms. The van der Waals surface area contributed by atoms with E-state index in [0.717, 1.165) is 0 Å². The van der Waals surface area contributed by atoms with Gasteiger partial charge in [0, 0.05) is 11.5 Å². The number of thiol groups is 2. The van der Waals surface area contributed by atoms with Gasteiger partial charge in [-0.25, -0.2) is 4.79 Å². The van der Waals surface area contributed by atoms with Gasteiger partial charge in [-0.3, -0.25) is 19.2 Å². The van der Waals surface area contributed by atoms with Gasteiger partial charge in [0.15, 0.2) is 0 Å². The van der Waals surface area contributed by atoms with Crippen molar-refractivity contribution in [1.29, 1.82) is 0 Å². The molecule has 0 saturated carbocycles. The molecule has 0 aromatic carbocycles. The van der Waals surface area contributed by atoms with Crippen LogP contribution in [-0.4, -0.2) is 82.1 Å². The van der Waals surface area contributed by atoms with Gasteiger partial charge in [0.1, 0.15) is 24.2 Å². The minimum Gasteiger partial charge on any atom is -0.480 e. The van der Waals surface area contributed by atoms with Crippen molar-refractivity contribution in [3.8, 4) is 0 Å². The lowest BCUT2D eigenvalue weighted by Crippen LogP contribution is -2.58. The molecule has 0 aliphatic carbocycles. The first-order chi connectivity index (χ1) is 12.6. The van der Waals surface area contributed by atoms with Crippen molar-refractivity contribution in [3.63, 3.8) is 0 Å². The smallest absolute Gasteiger partial charge is 0.327 e. The summed E-state index contributed by atoms with van der Waals surface area (Å²) in [5, 5.41) is 24.3. The van der Waals surface area contributed by atoms with Crippen LogP contribution in [0.15, 0.2) is 0 Å². The van der Waals surface area contributed by atoms with Gasteiger partial charge in [0.05, 0.1) is 13.0 Å². The molecule has 4 amide bonds. The molecule has 12 nitrogen and oxygen atoms in total. The van der Waals surface area contributed by atoms with E-state index >= 15 is 0 Å². The standard InChI is InChI=1S/C13H23N5O7S2/c14-5(2-19)10(21)17-7(3-26)12(23)16-6(1-9(15)20)11(22)18-8(4-27)13(24)25/h5-8,19,26-27H,1-4,14H2,(H2,15,20)(H,16,23)(H,17,21)(H,18,22)(H,24,25). The molecule has 154 valence electrons. The molecule has 0 fully saturated rings. The third kappa shape index (κ3) is 8.94. The maximum absolute atomic E-state index is 12.3. The summed E-state index contributed by atoms with van der Waals surface area (Å²) in [4.78, 5) is 58.2. The van der Waals surface area contributed by atoms with Crippen LogP contribution in [0.5, 0.6) is 0 Å². The summed E-state index contributed by atoms with van der Waals surface area (Å²) in [7, 11) is 0. The highest BCUT2D eigenvalue weighted by Gasteiger charge is 2.30. The topological polar surface area (TPSA) is 214 Å². The van der Waals surface area contributed by atoms with Crippen molar-refractivity contribution >= 4 is 54.9 Å². The number of primary amides is 1. The fraction of sp³-hybridized carbons (Fsp3) is 0.615. The van der Waals surface area contributed by atoms with Gasteiger partial charge >= 0.3 is 5.97 Å². The zero-order chi connectivity index (χ0) is 21.1. The van der Waals surface area contributed by atoms with Crippen molar-refractivity contribution in [2.75, 3.05) is 18.1 Å². The lowest BCUT2D eigenvalue weighted by atomic mass is 10.1. The fourth-order valence-electron chi connectivity index (χ4n) is 1.70. The lowest BCUT2D eigenvalue weighted by Gasteiger charge is -2.23. The Hall–Kier alpha value is -2.03. The number of carbonyl (C=O) groups is 5. The highest BCUT2D eigenvalue weighted by molar-refractivity contribution is 7.80. The Morgan fingerprint density at radius 1 is 0.852 bits per heavy atom. The number of carboxylic acid groups (broad SMARTS) is 1. The van der Waals surface area contributed by atoms with E-state index in [2.05, 4.69) is 41.2 Å². The molecule has 0 aliphatic heterocycles. The average Bonchev–Trinajstić information content (AvgIpc) is 2.61. The first kappa shape index (κ1) is 25.0. The third-order valence-corrected chi connectivity index (χ3v) is 3.91. The summed E-state index contributed by atoms with van der Waals surface area (Å²) >= 11 is 7.70. The second-order valence-electron chi connectivity index (χ2n) is 5.35. The van der Waals surface area contributed by atoms with Crippen LogP contribution in [0.4, 0.5) is 0 Å². The Kier molecular flexibility index (Phi) is 11.4. The number of amides is 4. The molecule has 4 unspecified atom stereocenters. The second kappa shape index (κ2) is 12.4. The molecule has 0 spiro atoms. The van der Waals surface area contributed by atoms with Crippen molar-refractivity contribution in [2.45, 2.75) is 30.6 Å². The number of carbonyl (C=O) groups excluding carboxylic acids is 4. The molecule has 14 heteroatoms. The highest BCUT2D eigenvalue weighted by atomic mass is 32.1. The molecule has 0 heterocycles. The number of aliphatic hydroxyl groups excluding tert-OH is 1. The summed E-state index contributed by atoms with van der Waals surface area (Å²) in [6, 6.07) is -5.34. The monoisotopic (exact) mass is 425 g/mol. The third-order valence-electron chi connectivity index (χ3n) is 3.18. The SMILES string of the molecule is NC(=O)CC(NC(=O)C(CS)NC(=O)C(N)CO)C(=O)NC(CS)C(=O)O. The summed E-state index contributed by atoms with van der Waals surface area (Å²) in [5.41, 5.74) is 10.4. The summed E-state index contributed by atoms with van der Waals surface area (Å²) in [6.07, 6.45) is -0.611. The van der Waals surface area contributed by atoms with Crippen molar-refractivity contribution in [2.24, 2.45) is 11.5 Å². The van der Waals surface area contributed by atoms with Crippen molar-refractivity contribution in [3.05, 3.63) is 0 Å². The van der Waals surface area contributed by atoms with Gasteiger partial charge in [-0.1, -0.05) is 0 Å². The fourth-order valence-corrected chi connectivity index (χ4v) is 2.20. The molecule has 0 bridgehead atoms. The minimum absolute atomic E-state index is 0.185. The van der Waals surface area contributed by atoms with Crippen molar-refractivity contribution in [1.82, 2.24) is 16.0 Å². The van der Waals surface area contributed by atoms with E-state index in [9.17, 15) is 24.0 Å². The van der Waals surface area contributed by atoms with Gasteiger partial charge in [0.25, 0.3) is 0 Å². The van der Waals surface area contributed by atoms with Crippen LogP contribution in [0.3, 0.4) is 0 Å². The number of nitrogens with one attached hydrogen (secondary N) is 3. The molecule has 0 radical (unpaired) electrons. The van der Waals surface area contributed by atoms with Crippen LogP contribution >= 0.6 is 25.3 Å². The maximum atomic E-state index is 12.3. The van der Waals surface area contributed by atoms with Gasteiger partial charge in [-0.05, 0) is 0 Å². The molecule has 0 aromatic rings. The van der Waals surface area contributed by atoms with E-state index < -0.39 is 66.8 Å². The number of aliphatic hydroxyl groups is 1. The van der Waals surface area contributed by atoms with E-state index in [-0.39, 0.29) is 11.5 Å². The second-order valence-corrected chi connectivity index (χ2v) is 6.08. The van der Waals surface area contributed by atoms with Crippen molar-refractivity contribution < 1.29 is 34.2 Å². The van der Waals surface area contributed by atoms with Crippen LogP contribution in [0.2, 0.25) is 0 Å². The summed E-state index contributed by atoms with van der Waals surface area (Å²) in [5.74, 6) is -5.39. The summed E-state index contributed by atoms with van der Waals surface area (Å²) < 4.78 is 0. The maximum Gasteiger partial charge on any atom is 0.327 e. The Bertz CT molecular complexity index is 577. The lowest BCUT2D eigenvalue weighted by molar-refractivity contribution is -0.141. The summed E-state index contributed by atoms with van der Waals surface area (Å²) in [6.45, 7) is -0.653. The predicted octanol–water partition coefficient (Wildman–Crippen LogP) is -4.42. The van der Waals surface area contributed by atoms with Crippen LogP contribution in [0.1, 0.15) is 6.42 Å². The van der Waals surface area contributed by atoms with Crippen LogP contribution in [-0.2, 0) is 24.0 Å². The van der Waals surface area contributed by atoms with Gasteiger partial charge in [-0.15, -0.1) is 0 Å². The predicted molar refractivity (Wildman–Crippen MR) is 100 cm³/mol. The zero-order valence-corrected chi connectivity index (χ0v) is 15.9. The van der Waals surface area contributed by atoms with E-state index in [1.54, 1.807) is 0 Å². The van der Waals surface area contributed by atoms with E-state index in [0.29, 0.717) is 0 Å². The molecule has 0 aliphatic rings. The molecule has 0 saturated heterocycles. The average molecular weight is 425 g/mol. The number of nitrogens with two attached hydrogens (primary N) is 2. The first-order valence-electron chi connectivity index (χ1n) is 7.57. The van der Waals surface area contributed by atoms with Crippen LogP contribution in [0, 0.1) is 0 Å². The van der Waals surface area contributed by atoms with E-state index in [1.807, 2.05) is 0 Å². The van der Waals surface area contributed by atoms with Crippen LogP contribution < -0.4 is 27.4 Å². The normalized spacial score (nSPS) is 15.0. The number of rotatable bonds is 12. The van der Waals surface area contributed by atoms with Crippen LogP contribution in [0.25, 0.3) is 0 Å². The van der Waals surface area contributed by atoms with Gasteiger partial charge < -0.3 is 37.6 Å². The number of aliphatic carboxylic acids is 1. The minimum atomic E-state index is -1.48. The highest BCUT2D eigenvalue weighted by Crippen LogP contribution is 1.99. The Balaban J connectivity index is 5.16.